The first kappa shape index (κ1) is 18.7. The lowest BCUT2D eigenvalue weighted by atomic mass is 9.95. The van der Waals surface area contributed by atoms with Crippen molar-refractivity contribution < 1.29 is 9.53 Å². The minimum absolute atomic E-state index is 0.185. The highest BCUT2D eigenvalue weighted by atomic mass is 32.1. The molecule has 0 radical (unpaired) electrons. The number of thiophene rings is 1. The molecule has 0 aliphatic rings. The first-order valence-electron chi connectivity index (χ1n) is 9.25. The van der Waals surface area contributed by atoms with Crippen molar-refractivity contribution in [2.24, 2.45) is 0 Å². The van der Waals surface area contributed by atoms with Gasteiger partial charge in [-0.05, 0) is 64.3 Å². The molecule has 0 fully saturated rings. The Bertz CT molecular complexity index is 894. The van der Waals surface area contributed by atoms with Crippen LogP contribution in [0.3, 0.4) is 0 Å². The maximum absolute atomic E-state index is 11.5. The minimum atomic E-state index is -0.185. The molecule has 0 saturated heterocycles. The summed E-state index contributed by atoms with van der Waals surface area (Å²) in [5.41, 5.74) is 5.24. The zero-order valence-electron chi connectivity index (χ0n) is 15.7. The van der Waals surface area contributed by atoms with E-state index in [-0.39, 0.29) is 5.97 Å². The van der Waals surface area contributed by atoms with Gasteiger partial charge in [-0.15, -0.1) is 11.3 Å². The van der Waals surface area contributed by atoms with Crippen molar-refractivity contribution in [2.75, 3.05) is 7.11 Å². The molecule has 3 aromatic rings. The molecule has 0 aliphatic carbocycles. The number of fused-ring (bicyclic) bond motifs is 1. The number of aryl methyl sites for hydroxylation is 2. The Kier molecular flexibility index (Phi) is 6.10. The summed E-state index contributed by atoms with van der Waals surface area (Å²) in [4.78, 5) is 11.5. The maximum atomic E-state index is 11.5. The van der Waals surface area contributed by atoms with Crippen LogP contribution in [0.4, 0.5) is 0 Å². The van der Waals surface area contributed by atoms with Crippen LogP contribution in [-0.2, 0) is 28.8 Å². The molecule has 1 atom stereocenters. The lowest BCUT2D eigenvalue weighted by Gasteiger charge is -2.11. The summed E-state index contributed by atoms with van der Waals surface area (Å²) in [6, 6.07) is 15.6. The molecule has 0 saturated carbocycles. The van der Waals surface area contributed by atoms with Crippen LogP contribution in [0.5, 0.6) is 0 Å². The summed E-state index contributed by atoms with van der Waals surface area (Å²) in [5.74, 6) is 0.431. The molecule has 0 amide bonds. The average molecular weight is 367 g/mol. The Morgan fingerprint density at radius 3 is 2.62 bits per heavy atom. The quantitative estimate of drug-likeness (QED) is 0.485. The van der Waals surface area contributed by atoms with E-state index in [1.165, 1.54) is 40.3 Å². The van der Waals surface area contributed by atoms with Crippen LogP contribution in [0.2, 0.25) is 0 Å². The SMILES string of the molecule is CCC(C)c1cccc(CCc2ccc3c(CC(=O)OC)csc3c2)c1. The van der Waals surface area contributed by atoms with Crippen molar-refractivity contribution in [2.45, 2.75) is 45.4 Å². The first-order chi connectivity index (χ1) is 12.6. The van der Waals surface area contributed by atoms with Crippen LogP contribution in [-0.4, -0.2) is 13.1 Å². The molecular weight excluding hydrogens is 340 g/mol. The van der Waals surface area contributed by atoms with Crippen LogP contribution < -0.4 is 0 Å². The number of rotatable bonds is 7. The third kappa shape index (κ3) is 4.34. The van der Waals surface area contributed by atoms with Crippen LogP contribution in [0, 0.1) is 0 Å². The highest BCUT2D eigenvalue weighted by Crippen LogP contribution is 2.28. The fraction of sp³-hybridized carbons (Fsp3) is 0.348. The summed E-state index contributed by atoms with van der Waals surface area (Å²) in [7, 11) is 1.44. The van der Waals surface area contributed by atoms with Crippen molar-refractivity contribution in [3.63, 3.8) is 0 Å². The van der Waals surface area contributed by atoms with E-state index in [0.29, 0.717) is 12.3 Å². The van der Waals surface area contributed by atoms with Crippen LogP contribution in [0.15, 0.2) is 47.8 Å². The van der Waals surface area contributed by atoms with Gasteiger partial charge in [0.1, 0.15) is 0 Å². The third-order valence-electron chi connectivity index (χ3n) is 5.12. The van der Waals surface area contributed by atoms with Crippen molar-refractivity contribution in [1.29, 1.82) is 0 Å². The van der Waals surface area contributed by atoms with Gasteiger partial charge in [0.2, 0.25) is 0 Å². The molecule has 1 aromatic heterocycles. The van der Waals surface area contributed by atoms with Crippen LogP contribution in [0.1, 0.15) is 48.4 Å². The normalized spacial score (nSPS) is 12.3. The number of hydrogen-bond donors (Lipinski definition) is 0. The summed E-state index contributed by atoms with van der Waals surface area (Å²) in [6.45, 7) is 4.53. The van der Waals surface area contributed by atoms with Gasteiger partial charge in [0, 0.05) is 4.70 Å². The van der Waals surface area contributed by atoms with Gasteiger partial charge >= 0.3 is 5.97 Å². The predicted molar refractivity (Wildman–Crippen MR) is 110 cm³/mol. The van der Waals surface area contributed by atoms with E-state index in [1.807, 2.05) is 0 Å². The highest BCUT2D eigenvalue weighted by molar-refractivity contribution is 7.17. The van der Waals surface area contributed by atoms with E-state index in [9.17, 15) is 4.79 Å². The molecule has 0 aliphatic heterocycles. The predicted octanol–water partition coefficient (Wildman–Crippen LogP) is 5.92. The van der Waals surface area contributed by atoms with Gasteiger partial charge in [0.25, 0.3) is 0 Å². The van der Waals surface area contributed by atoms with E-state index in [1.54, 1.807) is 11.3 Å². The van der Waals surface area contributed by atoms with Crippen LogP contribution in [0.25, 0.3) is 10.1 Å². The zero-order valence-corrected chi connectivity index (χ0v) is 16.6. The fourth-order valence-electron chi connectivity index (χ4n) is 3.23. The van der Waals surface area contributed by atoms with Crippen LogP contribution >= 0.6 is 11.3 Å². The second-order valence-electron chi connectivity index (χ2n) is 6.90. The number of methoxy groups -OCH3 is 1. The van der Waals surface area contributed by atoms with Crippen molar-refractivity contribution in [1.82, 2.24) is 0 Å². The maximum Gasteiger partial charge on any atom is 0.310 e. The Hall–Kier alpha value is -2.13. The van der Waals surface area contributed by atoms with Gasteiger partial charge in [-0.2, -0.15) is 0 Å². The smallest absolute Gasteiger partial charge is 0.310 e. The molecule has 3 rings (SSSR count). The van der Waals surface area contributed by atoms with E-state index in [0.717, 1.165) is 18.4 Å². The summed E-state index contributed by atoms with van der Waals surface area (Å²) in [5, 5.41) is 3.24. The Balaban J connectivity index is 1.71. The molecule has 0 bridgehead atoms. The standard InChI is InChI=1S/C23H26O2S/c1-4-16(2)19-7-5-6-17(12-19)8-9-18-10-11-21-20(14-23(24)25-3)15-26-22(21)13-18/h5-7,10-13,15-16H,4,8-9,14H2,1-3H3. The van der Waals surface area contributed by atoms with E-state index >= 15 is 0 Å². The Morgan fingerprint density at radius 1 is 1.12 bits per heavy atom. The number of hydrogen-bond acceptors (Lipinski definition) is 3. The second kappa shape index (κ2) is 8.50. The number of benzene rings is 2. The summed E-state index contributed by atoms with van der Waals surface area (Å²) < 4.78 is 6.03. The molecular formula is C23H26O2S. The van der Waals surface area contributed by atoms with Gasteiger partial charge in [-0.1, -0.05) is 50.2 Å². The number of carbonyl (C=O) groups is 1. The summed E-state index contributed by atoms with van der Waals surface area (Å²) >= 11 is 1.70. The van der Waals surface area contributed by atoms with Gasteiger partial charge in [0.15, 0.2) is 0 Å². The highest BCUT2D eigenvalue weighted by Gasteiger charge is 2.10. The Labute approximate surface area is 159 Å². The average Bonchev–Trinajstić information content (AvgIpc) is 3.07. The molecule has 1 heterocycles. The second-order valence-corrected chi connectivity index (χ2v) is 7.81. The Morgan fingerprint density at radius 2 is 1.88 bits per heavy atom. The monoisotopic (exact) mass is 366 g/mol. The molecule has 136 valence electrons. The largest absolute Gasteiger partial charge is 0.469 e. The van der Waals surface area contributed by atoms with E-state index in [4.69, 9.17) is 4.74 Å². The van der Waals surface area contributed by atoms with Gasteiger partial charge < -0.3 is 4.74 Å². The number of carbonyl (C=O) groups excluding carboxylic acids is 1. The molecule has 26 heavy (non-hydrogen) atoms. The van der Waals surface area contributed by atoms with Crippen molar-refractivity contribution in [3.8, 4) is 0 Å². The molecule has 1 unspecified atom stereocenters. The van der Waals surface area contributed by atoms with Gasteiger partial charge in [-0.3, -0.25) is 4.79 Å². The van der Waals surface area contributed by atoms with E-state index in [2.05, 4.69) is 61.7 Å². The van der Waals surface area contributed by atoms with Crippen molar-refractivity contribution in [3.05, 3.63) is 70.1 Å². The molecule has 0 N–H and O–H groups in total. The van der Waals surface area contributed by atoms with E-state index < -0.39 is 0 Å². The molecule has 3 heteroatoms. The minimum Gasteiger partial charge on any atom is -0.469 e. The zero-order chi connectivity index (χ0) is 18.5. The number of ether oxygens (including phenoxy) is 1. The lowest BCUT2D eigenvalue weighted by molar-refractivity contribution is -0.139. The lowest BCUT2D eigenvalue weighted by Crippen LogP contribution is -2.03. The van der Waals surface area contributed by atoms with Gasteiger partial charge in [0.05, 0.1) is 13.5 Å². The molecule has 0 spiro atoms. The summed E-state index contributed by atoms with van der Waals surface area (Å²) in [6.07, 6.45) is 3.60. The molecule has 2 aromatic carbocycles. The fourth-order valence-corrected chi connectivity index (χ4v) is 4.25. The van der Waals surface area contributed by atoms with Crippen molar-refractivity contribution >= 4 is 27.4 Å². The topological polar surface area (TPSA) is 26.3 Å². The number of esters is 1. The first-order valence-corrected chi connectivity index (χ1v) is 10.1. The third-order valence-corrected chi connectivity index (χ3v) is 6.11. The van der Waals surface area contributed by atoms with Gasteiger partial charge in [-0.25, -0.2) is 0 Å². The molecule has 2 nitrogen and oxygen atoms in total.